The maximum atomic E-state index is 13.4. The molecule has 11 heteroatoms. The van der Waals surface area contributed by atoms with E-state index in [0.717, 1.165) is 5.56 Å². The third-order valence-corrected chi connectivity index (χ3v) is 7.82. The molecule has 1 aromatic carbocycles. The Kier molecular flexibility index (Phi) is 6.87. The van der Waals surface area contributed by atoms with Gasteiger partial charge in [0.15, 0.2) is 9.84 Å². The quantitative estimate of drug-likeness (QED) is 0.653. The van der Waals surface area contributed by atoms with E-state index in [1.165, 1.54) is 17.1 Å². The molecule has 1 aromatic rings. The number of carbonyl (C=O) groups excluding carboxylic acids is 2. The summed E-state index contributed by atoms with van der Waals surface area (Å²) in [5, 5.41) is 8.31. The molecule has 3 aliphatic rings. The molecule has 4 rings (SSSR count). The fraction of sp³-hybridized carbons (Fsp3) is 0.571. The van der Waals surface area contributed by atoms with Crippen molar-refractivity contribution in [3.63, 3.8) is 0 Å². The average molecular weight is 467 g/mol. The zero-order valence-corrected chi connectivity index (χ0v) is 18.5. The number of sulfone groups is 1. The topological polar surface area (TPSA) is 108 Å². The van der Waals surface area contributed by atoms with Crippen LogP contribution in [0.1, 0.15) is 30.9 Å². The van der Waals surface area contributed by atoms with Gasteiger partial charge in [-0.05, 0) is 24.1 Å². The molecule has 9 nitrogen and oxygen atoms in total. The Morgan fingerprint density at radius 1 is 1.22 bits per heavy atom. The number of rotatable bonds is 6. The Balaban J connectivity index is 1.45. The Morgan fingerprint density at radius 2 is 1.94 bits per heavy atom. The molecular formula is C21H27FN4O5S. The summed E-state index contributed by atoms with van der Waals surface area (Å²) in [6.07, 6.45) is 0.656. The summed E-state index contributed by atoms with van der Waals surface area (Å²) in [6.45, 7) is 2.84. The van der Waals surface area contributed by atoms with Crippen LogP contribution in [0.2, 0.25) is 0 Å². The van der Waals surface area contributed by atoms with Crippen molar-refractivity contribution in [1.29, 1.82) is 0 Å². The van der Waals surface area contributed by atoms with Crippen LogP contribution in [0.25, 0.3) is 0 Å². The van der Waals surface area contributed by atoms with Gasteiger partial charge in [-0.3, -0.25) is 14.5 Å². The number of nitrogens with one attached hydrogen (secondary N) is 1. The Labute approximate surface area is 186 Å². The van der Waals surface area contributed by atoms with Crippen molar-refractivity contribution in [2.45, 2.75) is 31.3 Å². The number of hydrazone groups is 1. The van der Waals surface area contributed by atoms with E-state index < -0.39 is 15.9 Å². The van der Waals surface area contributed by atoms with Crippen molar-refractivity contribution >= 4 is 27.4 Å². The van der Waals surface area contributed by atoms with Gasteiger partial charge in [0.1, 0.15) is 11.5 Å². The number of halogens is 1. The Bertz CT molecular complexity index is 992. The van der Waals surface area contributed by atoms with Crippen LogP contribution in [-0.2, 0) is 24.2 Å². The van der Waals surface area contributed by atoms with Gasteiger partial charge < -0.3 is 10.1 Å². The molecule has 3 heterocycles. The minimum Gasteiger partial charge on any atom is -0.379 e. The van der Waals surface area contributed by atoms with Gasteiger partial charge in [0.25, 0.3) is 5.91 Å². The van der Waals surface area contributed by atoms with Crippen molar-refractivity contribution in [2.75, 3.05) is 44.4 Å². The molecule has 3 aliphatic heterocycles. The molecule has 0 saturated carbocycles. The van der Waals surface area contributed by atoms with Gasteiger partial charge in [-0.1, -0.05) is 12.1 Å². The smallest absolute Gasteiger partial charge is 0.267 e. The summed E-state index contributed by atoms with van der Waals surface area (Å²) >= 11 is 0. The van der Waals surface area contributed by atoms with Crippen LogP contribution in [0, 0.1) is 5.82 Å². The molecule has 32 heavy (non-hydrogen) atoms. The number of morpholine rings is 1. The maximum absolute atomic E-state index is 13.4. The summed E-state index contributed by atoms with van der Waals surface area (Å²) in [4.78, 5) is 27.3. The molecule has 2 fully saturated rings. The van der Waals surface area contributed by atoms with Crippen LogP contribution in [0.4, 0.5) is 4.39 Å². The van der Waals surface area contributed by atoms with Gasteiger partial charge in [-0.15, -0.1) is 0 Å². The van der Waals surface area contributed by atoms with Crippen LogP contribution in [0.5, 0.6) is 0 Å². The van der Waals surface area contributed by atoms with E-state index in [4.69, 9.17) is 4.74 Å². The number of amides is 2. The van der Waals surface area contributed by atoms with E-state index in [1.807, 2.05) is 0 Å². The number of nitrogens with zero attached hydrogens (tertiary/aromatic N) is 3. The van der Waals surface area contributed by atoms with E-state index in [2.05, 4.69) is 15.3 Å². The molecule has 174 valence electrons. The van der Waals surface area contributed by atoms with E-state index in [0.29, 0.717) is 32.7 Å². The van der Waals surface area contributed by atoms with Gasteiger partial charge in [-0.25, -0.2) is 17.8 Å². The molecule has 0 aromatic heterocycles. The second-order valence-corrected chi connectivity index (χ2v) is 10.5. The van der Waals surface area contributed by atoms with E-state index in [1.54, 1.807) is 12.1 Å². The van der Waals surface area contributed by atoms with Gasteiger partial charge in [0.2, 0.25) is 5.91 Å². The van der Waals surface area contributed by atoms with Crippen LogP contribution in [0.15, 0.2) is 29.4 Å². The fourth-order valence-corrected chi connectivity index (χ4v) is 6.00. The number of benzene rings is 1. The lowest BCUT2D eigenvalue weighted by Gasteiger charge is -2.35. The van der Waals surface area contributed by atoms with Gasteiger partial charge in [0, 0.05) is 32.5 Å². The second-order valence-electron chi connectivity index (χ2n) is 8.27. The SMILES string of the molecule is O=C(NC[C@@H](c1ccc(F)cc1)N1CCOCC1)C1=NN([C@H]2CCS(=O)(=O)C2)C(=O)CC1. The number of ether oxygens (including phenoxy) is 1. The molecule has 1 N–H and O–H groups in total. The molecule has 0 aliphatic carbocycles. The minimum absolute atomic E-state index is 0.0252. The first-order chi connectivity index (χ1) is 15.3. The summed E-state index contributed by atoms with van der Waals surface area (Å²) < 4.78 is 42.4. The molecule has 0 spiro atoms. The molecule has 2 saturated heterocycles. The van der Waals surface area contributed by atoms with E-state index in [9.17, 15) is 22.4 Å². The summed E-state index contributed by atoms with van der Waals surface area (Å²) in [5.41, 5.74) is 1.10. The first-order valence-electron chi connectivity index (χ1n) is 10.8. The molecule has 2 amide bonds. The monoisotopic (exact) mass is 466 g/mol. The van der Waals surface area contributed by atoms with Crippen molar-refractivity contribution in [1.82, 2.24) is 15.2 Å². The van der Waals surface area contributed by atoms with Crippen molar-refractivity contribution < 1.29 is 27.1 Å². The Morgan fingerprint density at radius 3 is 2.59 bits per heavy atom. The second kappa shape index (κ2) is 9.63. The highest BCUT2D eigenvalue weighted by atomic mass is 32.2. The average Bonchev–Trinajstić information content (AvgIpc) is 3.15. The zero-order valence-electron chi connectivity index (χ0n) is 17.7. The lowest BCUT2D eigenvalue weighted by Crippen LogP contribution is -2.47. The highest BCUT2D eigenvalue weighted by molar-refractivity contribution is 7.91. The largest absolute Gasteiger partial charge is 0.379 e. The number of carbonyl (C=O) groups is 2. The molecule has 0 unspecified atom stereocenters. The number of hydrogen-bond acceptors (Lipinski definition) is 7. The van der Waals surface area contributed by atoms with Gasteiger partial charge >= 0.3 is 0 Å². The van der Waals surface area contributed by atoms with E-state index in [-0.39, 0.29) is 60.3 Å². The van der Waals surface area contributed by atoms with Crippen LogP contribution in [-0.4, -0.2) is 86.2 Å². The molecule has 0 bridgehead atoms. The van der Waals surface area contributed by atoms with Gasteiger partial charge in [0.05, 0.1) is 36.8 Å². The van der Waals surface area contributed by atoms with Crippen molar-refractivity contribution in [3.05, 3.63) is 35.6 Å². The predicted octanol–water partition coefficient (Wildman–Crippen LogP) is 0.481. The third kappa shape index (κ3) is 5.33. The minimum atomic E-state index is -3.18. The Hall–Kier alpha value is -2.37. The first-order valence-corrected chi connectivity index (χ1v) is 12.6. The number of hydrogen-bond donors (Lipinski definition) is 1. The summed E-state index contributed by atoms with van der Waals surface area (Å²) in [5.74, 6) is -1.07. The van der Waals surface area contributed by atoms with Crippen molar-refractivity contribution in [3.8, 4) is 0 Å². The predicted molar refractivity (Wildman–Crippen MR) is 115 cm³/mol. The standard InChI is InChI=1S/C21H27FN4O5S/c22-16-3-1-15(2-4-16)19(25-8-10-31-11-9-25)13-23-21(28)18-5-6-20(27)26(24-18)17-7-12-32(29,30)14-17/h1-4,17,19H,5-14H2,(H,23,28)/t17-,19-/m0/s1. The third-order valence-electron chi connectivity index (χ3n) is 6.07. The highest BCUT2D eigenvalue weighted by Crippen LogP contribution is 2.24. The zero-order chi connectivity index (χ0) is 22.7. The maximum Gasteiger partial charge on any atom is 0.267 e. The fourth-order valence-electron chi connectivity index (χ4n) is 4.31. The molecular weight excluding hydrogens is 439 g/mol. The summed E-state index contributed by atoms with van der Waals surface area (Å²) in [6, 6.07) is 5.53. The van der Waals surface area contributed by atoms with E-state index >= 15 is 0 Å². The first kappa shape index (κ1) is 22.8. The van der Waals surface area contributed by atoms with Gasteiger partial charge in [-0.2, -0.15) is 5.10 Å². The van der Waals surface area contributed by atoms with Crippen molar-refractivity contribution in [2.24, 2.45) is 5.10 Å². The normalized spacial score (nSPS) is 24.8. The summed E-state index contributed by atoms with van der Waals surface area (Å²) in [7, 11) is -3.18. The molecule has 0 radical (unpaired) electrons. The molecule has 2 atom stereocenters. The van der Waals surface area contributed by atoms with Crippen LogP contribution in [0.3, 0.4) is 0 Å². The van der Waals surface area contributed by atoms with Crippen LogP contribution < -0.4 is 5.32 Å². The lowest BCUT2D eigenvalue weighted by molar-refractivity contribution is -0.133. The highest BCUT2D eigenvalue weighted by Gasteiger charge is 2.37. The lowest BCUT2D eigenvalue weighted by atomic mass is 10.0. The van der Waals surface area contributed by atoms with Crippen LogP contribution >= 0.6 is 0 Å².